The molecule has 32 heavy (non-hydrogen) atoms. The second-order valence-electron chi connectivity index (χ2n) is 8.21. The van der Waals surface area contributed by atoms with Crippen LogP contribution in [-0.2, 0) is 4.79 Å². The normalized spacial score (nSPS) is 16.9. The van der Waals surface area contributed by atoms with Gasteiger partial charge in [-0.2, -0.15) is 0 Å². The lowest BCUT2D eigenvalue weighted by molar-refractivity contribution is -0.131. The summed E-state index contributed by atoms with van der Waals surface area (Å²) in [7, 11) is 0. The molecule has 0 spiro atoms. The van der Waals surface area contributed by atoms with Gasteiger partial charge in [-0.05, 0) is 43.5 Å². The number of piperazine rings is 1. The zero-order valence-electron chi connectivity index (χ0n) is 18.1. The van der Waals surface area contributed by atoms with Crippen LogP contribution in [0, 0.1) is 6.92 Å². The molecule has 2 fully saturated rings. The van der Waals surface area contributed by atoms with Crippen molar-refractivity contribution in [3.8, 4) is 0 Å². The Bertz CT molecular complexity index is 1010. The number of carbonyl (C=O) groups excluding carboxylic acids is 3. The predicted molar refractivity (Wildman–Crippen MR) is 127 cm³/mol. The molecule has 0 bridgehead atoms. The van der Waals surface area contributed by atoms with Crippen molar-refractivity contribution < 1.29 is 14.4 Å². The van der Waals surface area contributed by atoms with Gasteiger partial charge in [0.25, 0.3) is 11.8 Å². The third-order valence-corrected chi connectivity index (χ3v) is 7.41. The van der Waals surface area contributed by atoms with E-state index >= 15 is 0 Å². The number of aryl methyl sites for hydroxylation is 1. The molecule has 0 aliphatic carbocycles. The fraction of sp³-hybridized carbons (Fsp3) is 0.435. The molecule has 0 atom stereocenters. The summed E-state index contributed by atoms with van der Waals surface area (Å²) in [6.07, 6.45) is 2.18. The van der Waals surface area contributed by atoms with E-state index in [1.54, 1.807) is 24.3 Å². The summed E-state index contributed by atoms with van der Waals surface area (Å²) in [6, 6.07) is 8.68. The van der Waals surface area contributed by atoms with E-state index in [2.05, 4.69) is 10.2 Å². The molecule has 3 heterocycles. The average molecular weight is 475 g/mol. The number of nitrogens with one attached hydrogen (secondary N) is 1. The van der Waals surface area contributed by atoms with Gasteiger partial charge in [-0.3, -0.25) is 19.3 Å². The van der Waals surface area contributed by atoms with Gasteiger partial charge in [-0.25, -0.2) is 0 Å². The Labute approximate surface area is 196 Å². The van der Waals surface area contributed by atoms with Gasteiger partial charge in [0.2, 0.25) is 5.91 Å². The van der Waals surface area contributed by atoms with Crippen LogP contribution >= 0.6 is 22.9 Å². The highest BCUT2D eigenvalue weighted by Gasteiger charge is 2.27. The summed E-state index contributed by atoms with van der Waals surface area (Å²) in [6.45, 7) is 6.58. The summed E-state index contributed by atoms with van der Waals surface area (Å²) in [5.74, 6) is -0.140. The van der Waals surface area contributed by atoms with Crippen LogP contribution in [0.3, 0.4) is 0 Å². The van der Waals surface area contributed by atoms with Crippen LogP contribution in [0.1, 0.15) is 38.4 Å². The molecule has 2 aromatic rings. The van der Waals surface area contributed by atoms with Crippen molar-refractivity contribution in [3.63, 3.8) is 0 Å². The van der Waals surface area contributed by atoms with Crippen molar-refractivity contribution in [1.29, 1.82) is 0 Å². The van der Waals surface area contributed by atoms with Gasteiger partial charge >= 0.3 is 0 Å². The largest absolute Gasteiger partial charge is 0.342 e. The van der Waals surface area contributed by atoms with Gasteiger partial charge < -0.3 is 15.1 Å². The molecule has 4 rings (SSSR count). The average Bonchev–Trinajstić information content (AvgIpc) is 3.44. The fourth-order valence-corrected chi connectivity index (χ4v) is 5.35. The van der Waals surface area contributed by atoms with E-state index in [0.29, 0.717) is 53.2 Å². The molecule has 2 saturated heterocycles. The molecule has 1 aromatic carbocycles. The summed E-state index contributed by atoms with van der Waals surface area (Å²) < 4.78 is 0. The highest BCUT2D eigenvalue weighted by molar-refractivity contribution is 7.18. The lowest BCUT2D eigenvalue weighted by Crippen LogP contribution is -2.51. The summed E-state index contributed by atoms with van der Waals surface area (Å²) in [5, 5.41) is 3.85. The van der Waals surface area contributed by atoms with Crippen LogP contribution in [-0.4, -0.2) is 78.2 Å². The SMILES string of the molecule is Cc1cc(NC(=O)c2ccccc2Cl)sc1C(=O)N1CCN(CC(=O)N2CCCC2)CC1. The first kappa shape index (κ1) is 22.8. The molecule has 1 N–H and O–H groups in total. The lowest BCUT2D eigenvalue weighted by Gasteiger charge is -2.35. The zero-order valence-corrected chi connectivity index (χ0v) is 19.7. The maximum Gasteiger partial charge on any atom is 0.264 e. The van der Waals surface area contributed by atoms with Crippen LogP contribution in [0.5, 0.6) is 0 Å². The van der Waals surface area contributed by atoms with Crippen molar-refractivity contribution in [2.24, 2.45) is 0 Å². The number of hydrogen-bond donors (Lipinski definition) is 1. The first-order valence-electron chi connectivity index (χ1n) is 10.9. The molecule has 9 heteroatoms. The van der Waals surface area contributed by atoms with Gasteiger partial charge in [-0.15, -0.1) is 11.3 Å². The first-order chi connectivity index (χ1) is 15.4. The zero-order chi connectivity index (χ0) is 22.7. The van der Waals surface area contributed by atoms with Crippen molar-refractivity contribution in [3.05, 3.63) is 51.4 Å². The molecule has 0 radical (unpaired) electrons. The monoisotopic (exact) mass is 474 g/mol. The molecule has 0 saturated carbocycles. The molecule has 0 unspecified atom stereocenters. The van der Waals surface area contributed by atoms with Crippen molar-refractivity contribution in [1.82, 2.24) is 14.7 Å². The second kappa shape index (κ2) is 10.0. The van der Waals surface area contributed by atoms with Crippen molar-refractivity contribution in [2.45, 2.75) is 19.8 Å². The smallest absolute Gasteiger partial charge is 0.264 e. The molecule has 3 amide bonds. The Morgan fingerprint density at radius 1 is 1.00 bits per heavy atom. The number of benzene rings is 1. The minimum Gasteiger partial charge on any atom is -0.342 e. The summed E-state index contributed by atoms with van der Waals surface area (Å²) in [4.78, 5) is 44.5. The molecular weight excluding hydrogens is 448 g/mol. The van der Waals surface area contributed by atoms with Crippen molar-refractivity contribution in [2.75, 3.05) is 51.1 Å². The van der Waals surface area contributed by atoms with Crippen molar-refractivity contribution >= 4 is 45.7 Å². The molecule has 1 aromatic heterocycles. The number of anilines is 1. The summed E-state index contributed by atoms with van der Waals surface area (Å²) >= 11 is 7.39. The van der Waals surface area contributed by atoms with Crippen LogP contribution < -0.4 is 5.32 Å². The first-order valence-corrected chi connectivity index (χ1v) is 12.1. The molecule has 7 nitrogen and oxygen atoms in total. The third kappa shape index (κ3) is 5.14. The van der Waals surface area contributed by atoms with Gasteiger partial charge in [0.15, 0.2) is 0 Å². The number of rotatable bonds is 5. The fourth-order valence-electron chi connectivity index (χ4n) is 4.09. The Kier molecular flexibility index (Phi) is 7.13. The van der Waals surface area contributed by atoms with Gasteiger partial charge in [0.05, 0.1) is 27.0 Å². The Hall–Kier alpha value is -2.42. The van der Waals surface area contributed by atoms with E-state index in [9.17, 15) is 14.4 Å². The van der Waals surface area contributed by atoms with Crippen LogP contribution in [0.25, 0.3) is 0 Å². The predicted octanol–water partition coefficient (Wildman–Crippen LogP) is 3.34. The highest BCUT2D eigenvalue weighted by Crippen LogP contribution is 2.29. The number of carbonyl (C=O) groups is 3. The highest BCUT2D eigenvalue weighted by atomic mass is 35.5. The second-order valence-corrected chi connectivity index (χ2v) is 9.67. The number of nitrogens with zero attached hydrogens (tertiary/aromatic N) is 3. The minimum atomic E-state index is -0.299. The quantitative estimate of drug-likeness (QED) is 0.721. The minimum absolute atomic E-state index is 0.0312. The topological polar surface area (TPSA) is 73.0 Å². The van der Waals surface area contributed by atoms with Crippen LogP contribution in [0.4, 0.5) is 5.00 Å². The number of likely N-dealkylation sites (tertiary alicyclic amines) is 1. The molecular formula is C23H27ClN4O3S. The molecule has 2 aliphatic rings. The third-order valence-electron chi connectivity index (χ3n) is 5.94. The van der Waals surface area contributed by atoms with E-state index < -0.39 is 0 Å². The summed E-state index contributed by atoms with van der Waals surface area (Å²) in [5.41, 5.74) is 1.23. The molecule has 170 valence electrons. The van der Waals surface area contributed by atoms with E-state index in [1.807, 2.05) is 22.8 Å². The van der Waals surface area contributed by atoms with Gasteiger partial charge in [0.1, 0.15) is 0 Å². The Morgan fingerprint density at radius 2 is 1.69 bits per heavy atom. The van der Waals surface area contributed by atoms with Gasteiger partial charge in [0, 0.05) is 39.3 Å². The number of hydrogen-bond acceptors (Lipinski definition) is 5. The number of halogens is 1. The van der Waals surface area contributed by atoms with Crippen LogP contribution in [0.15, 0.2) is 30.3 Å². The van der Waals surface area contributed by atoms with E-state index in [1.165, 1.54) is 11.3 Å². The maximum atomic E-state index is 13.1. The van der Waals surface area contributed by atoms with E-state index in [4.69, 9.17) is 11.6 Å². The van der Waals surface area contributed by atoms with E-state index in [0.717, 1.165) is 31.5 Å². The number of amides is 3. The Balaban J connectivity index is 1.33. The Morgan fingerprint density at radius 3 is 2.38 bits per heavy atom. The standard InChI is InChI=1S/C23H27ClN4O3S/c1-16-14-19(25-22(30)17-6-2-3-7-18(17)24)32-21(16)23(31)28-12-10-26(11-13-28)15-20(29)27-8-4-5-9-27/h2-3,6-7,14H,4-5,8-13,15H2,1H3,(H,25,30). The maximum absolute atomic E-state index is 13.1. The van der Waals surface area contributed by atoms with E-state index in [-0.39, 0.29) is 17.7 Å². The van der Waals surface area contributed by atoms with Gasteiger partial charge in [-0.1, -0.05) is 23.7 Å². The molecule has 2 aliphatic heterocycles. The van der Waals surface area contributed by atoms with Crippen LogP contribution in [0.2, 0.25) is 5.02 Å². The number of thiophene rings is 1. The lowest BCUT2D eigenvalue weighted by atomic mass is 10.2.